The number of rotatable bonds is 6. The summed E-state index contributed by atoms with van der Waals surface area (Å²) in [5, 5.41) is 3.37. The van der Waals surface area contributed by atoms with Crippen LogP contribution in [-0.4, -0.2) is 31.3 Å². The fraction of sp³-hybridized carbons (Fsp3) is 0.545. The third-order valence-electron chi connectivity index (χ3n) is 2.02. The zero-order valence-electron chi connectivity index (χ0n) is 8.86. The van der Waals surface area contributed by atoms with E-state index < -0.39 is 0 Å². The molecule has 1 aromatic heterocycles. The molecule has 1 heterocycles. The number of ether oxygens (including phenoxy) is 1. The van der Waals surface area contributed by atoms with E-state index in [9.17, 15) is 0 Å². The molecular formula is C11H18N2O. The number of hydrogen-bond acceptors (Lipinski definition) is 3. The average molecular weight is 194 g/mol. The molecule has 3 nitrogen and oxygen atoms in total. The van der Waals surface area contributed by atoms with Gasteiger partial charge >= 0.3 is 0 Å². The van der Waals surface area contributed by atoms with Crippen molar-refractivity contribution in [3.8, 4) is 0 Å². The normalized spacial score (nSPS) is 12.7. The third kappa shape index (κ3) is 4.35. The highest BCUT2D eigenvalue weighted by atomic mass is 16.5. The Labute approximate surface area is 85.5 Å². The van der Waals surface area contributed by atoms with Crippen LogP contribution in [0.5, 0.6) is 0 Å². The molecule has 0 fully saturated rings. The highest BCUT2D eigenvalue weighted by Crippen LogP contribution is 1.93. The lowest BCUT2D eigenvalue weighted by atomic mass is 10.2. The number of nitrogens with one attached hydrogen (secondary N) is 1. The summed E-state index contributed by atoms with van der Waals surface area (Å²) in [5.74, 6) is 0. The second-order valence-electron chi connectivity index (χ2n) is 3.38. The molecule has 0 spiro atoms. The molecule has 0 saturated carbocycles. The van der Waals surface area contributed by atoms with E-state index in [-0.39, 0.29) is 0 Å². The predicted molar refractivity (Wildman–Crippen MR) is 57.3 cm³/mol. The van der Waals surface area contributed by atoms with Crippen molar-refractivity contribution in [1.29, 1.82) is 0 Å². The molecule has 1 unspecified atom stereocenters. The molecule has 0 aliphatic heterocycles. The van der Waals surface area contributed by atoms with Crippen LogP contribution in [0.4, 0.5) is 0 Å². The predicted octanol–water partition coefficient (Wildman–Crippen LogP) is 1.25. The molecular weight excluding hydrogens is 176 g/mol. The lowest BCUT2D eigenvalue weighted by molar-refractivity contribution is 0.172. The molecule has 0 saturated heterocycles. The fourth-order valence-electron chi connectivity index (χ4n) is 1.30. The van der Waals surface area contributed by atoms with Gasteiger partial charge in [-0.15, -0.1) is 0 Å². The maximum Gasteiger partial charge on any atom is 0.0613 e. The van der Waals surface area contributed by atoms with Crippen molar-refractivity contribution in [2.75, 3.05) is 20.3 Å². The summed E-state index contributed by atoms with van der Waals surface area (Å²) >= 11 is 0. The van der Waals surface area contributed by atoms with E-state index in [1.54, 1.807) is 7.11 Å². The summed E-state index contributed by atoms with van der Waals surface area (Å²) in [6, 6.07) is 6.40. The van der Waals surface area contributed by atoms with Gasteiger partial charge in [-0.25, -0.2) is 0 Å². The standard InChI is InChI=1S/C11H18N2O/c1-10(9-14-2)12-8-6-11-5-3-4-7-13-11/h3-5,7,10,12H,6,8-9H2,1-2H3. The van der Waals surface area contributed by atoms with Crippen LogP contribution in [0.3, 0.4) is 0 Å². The second kappa shape index (κ2) is 6.51. The van der Waals surface area contributed by atoms with Gasteiger partial charge in [0.15, 0.2) is 0 Å². The van der Waals surface area contributed by atoms with Crippen molar-refractivity contribution in [3.63, 3.8) is 0 Å². The molecule has 1 rings (SSSR count). The molecule has 0 aliphatic carbocycles. The van der Waals surface area contributed by atoms with E-state index in [2.05, 4.69) is 17.2 Å². The van der Waals surface area contributed by atoms with Gasteiger partial charge in [-0.05, 0) is 19.1 Å². The van der Waals surface area contributed by atoms with Gasteiger partial charge in [0.25, 0.3) is 0 Å². The lowest BCUT2D eigenvalue weighted by Gasteiger charge is -2.11. The maximum atomic E-state index is 5.03. The van der Waals surface area contributed by atoms with Crippen LogP contribution in [-0.2, 0) is 11.2 Å². The van der Waals surface area contributed by atoms with Gasteiger partial charge in [-0.2, -0.15) is 0 Å². The summed E-state index contributed by atoms with van der Waals surface area (Å²) in [6.07, 6.45) is 2.79. The number of pyridine rings is 1. The summed E-state index contributed by atoms with van der Waals surface area (Å²) in [6.45, 7) is 3.81. The van der Waals surface area contributed by atoms with Gasteiger partial charge in [0.05, 0.1) is 6.61 Å². The van der Waals surface area contributed by atoms with Crippen LogP contribution in [0.25, 0.3) is 0 Å². The smallest absolute Gasteiger partial charge is 0.0613 e. The van der Waals surface area contributed by atoms with Crippen LogP contribution in [0.1, 0.15) is 12.6 Å². The third-order valence-corrected chi connectivity index (χ3v) is 2.02. The minimum Gasteiger partial charge on any atom is -0.383 e. The highest BCUT2D eigenvalue weighted by Gasteiger charge is 1.99. The average Bonchev–Trinajstić information content (AvgIpc) is 2.20. The number of aromatic nitrogens is 1. The Morgan fingerprint density at radius 1 is 1.50 bits per heavy atom. The van der Waals surface area contributed by atoms with Crippen molar-refractivity contribution < 1.29 is 4.74 Å². The van der Waals surface area contributed by atoms with Crippen molar-refractivity contribution in [1.82, 2.24) is 10.3 Å². The summed E-state index contributed by atoms with van der Waals surface area (Å²) in [5.41, 5.74) is 1.13. The molecule has 1 aromatic rings. The Morgan fingerprint density at radius 3 is 3.00 bits per heavy atom. The molecule has 0 amide bonds. The van der Waals surface area contributed by atoms with Gasteiger partial charge in [-0.3, -0.25) is 4.98 Å². The largest absolute Gasteiger partial charge is 0.383 e. The minimum atomic E-state index is 0.406. The zero-order valence-corrected chi connectivity index (χ0v) is 8.86. The molecule has 0 aromatic carbocycles. The molecule has 1 N–H and O–H groups in total. The first-order valence-electron chi connectivity index (χ1n) is 4.95. The van der Waals surface area contributed by atoms with Crippen molar-refractivity contribution in [2.45, 2.75) is 19.4 Å². The summed E-state index contributed by atoms with van der Waals surface area (Å²) in [7, 11) is 1.72. The molecule has 3 heteroatoms. The monoisotopic (exact) mass is 194 g/mol. The fourth-order valence-corrected chi connectivity index (χ4v) is 1.30. The SMILES string of the molecule is COCC(C)NCCc1ccccn1. The Balaban J connectivity index is 2.16. The van der Waals surface area contributed by atoms with Gasteiger partial charge in [-0.1, -0.05) is 6.07 Å². The molecule has 0 bridgehead atoms. The van der Waals surface area contributed by atoms with E-state index in [4.69, 9.17) is 4.74 Å². The van der Waals surface area contributed by atoms with Crippen molar-refractivity contribution in [3.05, 3.63) is 30.1 Å². The Kier molecular flexibility index (Phi) is 5.19. The molecule has 0 aliphatic rings. The number of hydrogen-bond donors (Lipinski definition) is 1. The van der Waals surface area contributed by atoms with Crippen molar-refractivity contribution in [2.24, 2.45) is 0 Å². The number of methoxy groups -OCH3 is 1. The van der Waals surface area contributed by atoms with E-state index in [1.807, 2.05) is 24.4 Å². The van der Waals surface area contributed by atoms with Crippen LogP contribution < -0.4 is 5.32 Å². The first-order chi connectivity index (χ1) is 6.83. The van der Waals surface area contributed by atoms with Crippen LogP contribution >= 0.6 is 0 Å². The molecule has 14 heavy (non-hydrogen) atoms. The van der Waals surface area contributed by atoms with Crippen molar-refractivity contribution >= 4 is 0 Å². The Morgan fingerprint density at radius 2 is 2.36 bits per heavy atom. The van der Waals surface area contributed by atoms with Crippen LogP contribution in [0, 0.1) is 0 Å². The van der Waals surface area contributed by atoms with Gasteiger partial charge in [0, 0.05) is 38.0 Å². The summed E-state index contributed by atoms with van der Waals surface area (Å²) < 4.78 is 5.03. The minimum absolute atomic E-state index is 0.406. The topological polar surface area (TPSA) is 34.1 Å². The Bertz CT molecular complexity index is 238. The van der Waals surface area contributed by atoms with Gasteiger partial charge < -0.3 is 10.1 Å². The highest BCUT2D eigenvalue weighted by molar-refractivity contribution is 5.03. The first-order valence-corrected chi connectivity index (χ1v) is 4.95. The Hall–Kier alpha value is -0.930. The second-order valence-corrected chi connectivity index (χ2v) is 3.38. The van der Waals surface area contributed by atoms with Gasteiger partial charge in [0.2, 0.25) is 0 Å². The summed E-state index contributed by atoms with van der Waals surface area (Å²) in [4.78, 5) is 4.25. The van der Waals surface area contributed by atoms with E-state index in [0.717, 1.165) is 25.3 Å². The van der Waals surface area contributed by atoms with E-state index in [0.29, 0.717) is 6.04 Å². The maximum absolute atomic E-state index is 5.03. The number of nitrogens with zero attached hydrogens (tertiary/aromatic N) is 1. The molecule has 78 valence electrons. The molecule has 0 radical (unpaired) electrons. The lowest BCUT2D eigenvalue weighted by Crippen LogP contribution is -2.31. The van der Waals surface area contributed by atoms with E-state index >= 15 is 0 Å². The van der Waals surface area contributed by atoms with Gasteiger partial charge in [0.1, 0.15) is 0 Å². The van der Waals surface area contributed by atoms with E-state index in [1.165, 1.54) is 0 Å². The van der Waals surface area contributed by atoms with Crippen LogP contribution in [0.2, 0.25) is 0 Å². The zero-order chi connectivity index (χ0) is 10.2. The molecule has 1 atom stereocenters. The van der Waals surface area contributed by atoms with Crippen LogP contribution in [0.15, 0.2) is 24.4 Å². The first kappa shape index (κ1) is 11.1. The quantitative estimate of drug-likeness (QED) is 0.740.